The molecular weight excluding hydrogens is 317 g/mol. The summed E-state index contributed by atoms with van der Waals surface area (Å²) in [4.78, 5) is 2.14. The summed E-state index contributed by atoms with van der Waals surface area (Å²) >= 11 is 5.72. The molecule has 0 aromatic heterocycles. The lowest BCUT2D eigenvalue weighted by Gasteiger charge is -2.42. The highest BCUT2D eigenvalue weighted by atomic mass is 35.5. The summed E-state index contributed by atoms with van der Waals surface area (Å²) in [7, 11) is 0. The number of rotatable bonds is 2. The van der Waals surface area contributed by atoms with Gasteiger partial charge in [0, 0.05) is 42.8 Å². The molecule has 0 aliphatic carbocycles. The van der Waals surface area contributed by atoms with E-state index >= 15 is 0 Å². The minimum Gasteiger partial charge on any atom is -0.314 e. The number of piperazine rings is 1. The summed E-state index contributed by atoms with van der Waals surface area (Å²) in [6.07, 6.45) is 0. The van der Waals surface area contributed by atoms with E-state index in [4.69, 9.17) is 11.6 Å². The molecule has 1 atom stereocenters. The molecule has 1 N–H and O–H groups in total. The topological polar surface area (TPSA) is 15.3 Å². The van der Waals surface area contributed by atoms with E-state index in [2.05, 4.69) is 10.2 Å². The molecule has 0 saturated carbocycles. The molecule has 0 spiro atoms. The smallest absolute Gasteiger partial charge is 0.132 e. The summed E-state index contributed by atoms with van der Waals surface area (Å²) in [6.45, 7) is 9.26. The fraction of sp³-hybridized carbons (Fsp3) is 0.600. The van der Waals surface area contributed by atoms with Gasteiger partial charge in [-0.25, -0.2) is 8.78 Å². The average molecular weight is 339 g/mol. The van der Waals surface area contributed by atoms with E-state index in [0.29, 0.717) is 0 Å². The number of halogens is 4. The van der Waals surface area contributed by atoms with E-state index in [-0.39, 0.29) is 34.4 Å². The molecule has 2 rings (SSSR count). The van der Waals surface area contributed by atoms with Crippen LogP contribution in [0, 0.1) is 17.0 Å². The van der Waals surface area contributed by atoms with Gasteiger partial charge in [-0.05, 0) is 17.5 Å². The molecule has 1 heterocycles. The van der Waals surface area contributed by atoms with Crippen LogP contribution in [0.3, 0.4) is 0 Å². The highest BCUT2D eigenvalue weighted by Crippen LogP contribution is 2.41. The Morgan fingerprint density at radius 3 is 2.05 bits per heavy atom. The van der Waals surface area contributed by atoms with Gasteiger partial charge < -0.3 is 5.32 Å². The zero-order valence-corrected chi connectivity index (χ0v) is 14.1. The van der Waals surface area contributed by atoms with E-state index in [9.17, 15) is 8.78 Å². The first-order chi connectivity index (χ1) is 9.30. The summed E-state index contributed by atoms with van der Waals surface area (Å²) < 4.78 is 28.6. The minimum atomic E-state index is -0.562. The fourth-order valence-electron chi connectivity index (χ4n) is 2.92. The number of hydrogen-bond acceptors (Lipinski definition) is 2. The maximum atomic E-state index is 14.3. The van der Waals surface area contributed by atoms with Crippen molar-refractivity contribution in [1.29, 1.82) is 0 Å². The Morgan fingerprint density at radius 1 is 1.14 bits per heavy atom. The first kappa shape index (κ1) is 18.6. The van der Waals surface area contributed by atoms with Crippen molar-refractivity contribution in [2.45, 2.75) is 26.8 Å². The van der Waals surface area contributed by atoms with Gasteiger partial charge in [-0.2, -0.15) is 0 Å². The predicted octanol–water partition coefficient (Wildman–Crippen LogP) is 4.03. The third-order valence-electron chi connectivity index (χ3n) is 3.65. The van der Waals surface area contributed by atoms with E-state index in [1.807, 2.05) is 20.8 Å². The summed E-state index contributed by atoms with van der Waals surface area (Å²) in [5.74, 6) is -1.12. The van der Waals surface area contributed by atoms with Gasteiger partial charge in [-0.1, -0.05) is 32.4 Å². The van der Waals surface area contributed by atoms with Gasteiger partial charge in [0.2, 0.25) is 0 Å². The molecule has 0 bridgehead atoms. The van der Waals surface area contributed by atoms with Crippen molar-refractivity contribution in [3.63, 3.8) is 0 Å². The second-order valence-electron chi connectivity index (χ2n) is 6.34. The second-order valence-corrected chi connectivity index (χ2v) is 6.77. The molecule has 6 heteroatoms. The zero-order chi connectivity index (χ0) is 14.9. The number of benzene rings is 1. The predicted molar refractivity (Wildman–Crippen MR) is 85.3 cm³/mol. The van der Waals surface area contributed by atoms with Gasteiger partial charge >= 0.3 is 0 Å². The lowest BCUT2D eigenvalue weighted by atomic mass is 9.80. The van der Waals surface area contributed by atoms with E-state index < -0.39 is 11.6 Å². The Bertz CT molecular complexity index is 460. The molecule has 1 fully saturated rings. The lowest BCUT2D eigenvalue weighted by molar-refractivity contribution is 0.0804. The molecule has 1 aliphatic heterocycles. The third-order valence-corrected chi connectivity index (χ3v) is 3.87. The van der Waals surface area contributed by atoms with Crippen molar-refractivity contribution < 1.29 is 8.78 Å². The fourth-order valence-corrected chi connectivity index (χ4v) is 3.11. The first-order valence-corrected chi connectivity index (χ1v) is 7.27. The van der Waals surface area contributed by atoms with Crippen LogP contribution in [0.25, 0.3) is 0 Å². The number of hydrogen-bond donors (Lipinski definition) is 1. The molecule has 0 amide bonds. The van der Waals surface area contributed by atoms with Gasteiger partial charge in [0.15, 0.2) is 0 Å². The second kappa shape index (κ2) is 7.23. The van der Waals surface area contributed by atoms with Crippen molar-refractivity contribution in [1.82, 2.24) is 10.2 Å². The van der Waals surface area contributed by atoms with Crippen LogP contribution >= 0.6 is 24.0 Å². The van der Waals surface area contributed by atoms with Crippen molar-refractivity contribution >= 4 is 24.0 Å². The molecule has 1 saturated heterocycles. The Balaban J connectivity index is 0.00000220. The SMILES string of the molecule is CC(C)(C)[C@@H](c1c(F)cc(Cl)cc1F)N1CCNCC1.Cl. The number of nitrogens with one attached hydrogen (secondary N) is 1. The maximum absolute atomic E-state index is 14.3. The van der Waals surface area contributed by atoms with Gasteiger partial charge in [-0.3, -0.25) is 4.90 Å². The molecule has 0 radical (unpaired) electrons. The molecule has 120 valence electrons. The van der Waals surface area contributed by atoms with E-state index in [0.717, 1.165) is 26.2 Å². The Morgan fingerprint density at radius 2 is 1.62 bits per heavy atom. The monoisotopic (exact) mass is 338 g/mol. The van der Waals surface area contributed by atoms with Crippen LogP contribution in [-0.4, -0.2) is 31.1 Å². The molecule has 21 heavy (non-hydrogen) atoms. The normalized spacial score (nSPS) is 18.2. The highest BCUT2D eigenvalue weighted by molar-refractivity contribution is 6.30. The molecule has 0 unspecified atom stereocenters. The van der Waals surface area contributed by atoms with Gasteiger partial charge in [-0.15, -0.1) is 12.4 Å². The van der Waals surface area contributed by atoms with Gasteiger partial charge in [0.25, 0.3) is 0 Å². The van der Waals surface area contributed by atoms with Gasteiger partial charge in [0.05, 0.1) is 0 Å². The largest absolute Gasteiger partial charge is 0.314 e. The highest BCUT2D eigenvalue weighted by Gasteiger charge is 2.36. The third kappa shape index (κ3) is 4.28. The summed E-state index contributed by atoms with van der Waals surface area (Å²) in [6, 6.07) is 2.09. The van der Waals surface area contributed by atoms with Crippen molar-refractivity contribution in [3.05, 3.63) is 34.4 Å². The van der Waals surface area contributed by atoms with Gasteiger partial charge in [0.1, 0.15) is 11.6 Å². The minimum absolute atomic E-state index is 0. The lowest BCUT2D eigenvalue weighted by Crippen LogP contribution is -2.48. The maximum Gasteiger partial charge on any atom is 0.132 e. The zero-order valence-electron chi connectivity index (χ0n) is 12.5. The molecular formula is C15H22Cl2F2N2. The Hall–Kier alpha value is -0.420. The van der Waals surface area contributed by atoms with Crippen LogP contribution < -0.4 is 5.32 Å². The van der Waals surface area contributed by atoms with Crippen molar-refractivity contribution in [2.24, 2.45) is 5.41 Å². The Kier molecular flexibility index (Phi) is 6.41. The molecule has 1 aromatic rings. The van der Waals surface area contributed by atoms with Crippen LogP contribution in [0.1, 0.15) is 32.4 Å². The summed E-state index contributed by atoms with van der Waals surface area (Å²) in [5, 5.41) is 3.35. The summed E-state index contributed by atoms with van der Waals surface area (Å²) in [5.41, 5.74) is -0.142. The van der Waals surface area contributed by atoms with Crippen LogP contribution in [-0.2, 0) is 0 Å². The first-order valence-electron chi connectivity index (χ1n) is 6.90. The standard InChI is InChI=1S/C15H21ClF2N2.ClH/c1-15(2,3)14(20-6-4-19-5-7-20)13-11(17)8-10(16)9-12(13)18;/h8-9,14,19H,4-7H2,1-3H3;1H/t14-;/m1./s1. The van der Waals surface area contributed by atoms with Crippen LogP contribution in [0.5, 0.6) is 0 Å². The van der Waals surface area contributed by atoms with Crippen LogP contribution in [0.15, 0.2) is 12.1 Å². The average Bonchev–Trinajstić information content (AvgIpc) is 2.33. The molecule has 1 aromatic carbocycles. The van der Waals surface area contributed by atoms with E-state index in [1.54, 1.807) is 0 Å². The molecule has 1 aliphatic rings. The number of nitrogens with zero attached hydrogens (tertiary/aromatic N) is 1. The van der Waals surface area contributed by atoms with Crippen LogP contribution in [0.4, 0.5) is 8.78 Å². The van der Waals surface area contributed by atoms with Crippen LogP contribution in [0.2, 0.25) is 5.02 Å². The quantitative estimate of drug-likeness (QED) is 0.875. The van der Waals surface area contributed by atoms with Crippen molar-refractivity contribution in [3.8, 4) is 0 Å². The Labute approximate surface area is 136 Å². The molecule has 2 nitrogen and oxygen atoms in total. The van der Waals surface area contributed by atoms with Crippen molar-refractivity contribution in [2.75, 3.05) is 26.2 Å². The van der Waals surface area contributed by atoms with E-state index in [1.165, 1.54) is 12.1 Å².